The topological polar surface area (TPSA) is 81.8 Å². The fourth-order valence-electron chi connectivity index (χ4n) is 1.45. The molecule has 5 nitrogen and oxygen atoms in total. The fourth-order valence-corrected chi connectivity index (χ4v) is 1.91. The van der Waals surface area contributed by atoms with Crippen molar-refractivity contribution in [1.82, 2.24) is 0 Å². The molecule has 19 heavy (non-hydrogen) atoms. The summed E-state index contributed by atoms with van der Waals surface area (Å²) in [6.45, 7) is 2.24. The smallest absolute Gasteiger partial charge is 0.307 e. The first-order valence-corrected chi connectivity index (χ1v) is 6.26. The van der Waals surface area contributed by atoms with Crippen LogP contribution in [0.25, 0.3) is 0 Å². The molecule has 0 aliphatic rings. The van der Waals surface area contributed by atoms with Gasteiger partial charge in [0.25, 0.3) is 0 Å². The molecule has 1 aromatic rings. The summed E-state index contributed by atoms with van der Waals surface area (Å²) in [5, 5.41) is 9.76. The highest BCUT2D eigenvalue weighted by Gasteiger charge is 2.16. The summed E-state index contributed by atoms with van der Waals surface area (Å²) in [6, 6.07) is 2.77. The van der Waals surface area contributed by atoms with Crippen LogP contribution in [-0.2, 0) is 9.53 Å². The van der Waals surface area contributed by atoms with Crippen LogP contribution in [0.4, 0.5) is 0 Å². The number of phenols is 1. The van der Waals surface area contributed by atoms with E-state index >= 15 is 0 Å². The van der Waals surface area contributed by atoms with Crippen molar-refractivity contribution in [3.05, 3.63) is 22.2 Å². The van der Waals surface area contributed by atoms with E-state index in [1.165, 1.54) is 7.11 Å². The molecule has 0 heterocycles. The highest BCUT2D eigenvalue weighted by molar-refractivity contribution is 9.10. The summed E-state index contributed by atoms with van der Waals surface area (Å²) in [6.07, 6.45) is 0.0687. The number of carbonyl (C=O) groups excluding carboxylic acids is 1. The monoisotopic (exact) mass is 353 g/mol. The second-order valence-corrected chi connectivity index (χ2v) is 4.52. The van der Waals surface area contributed by atoms with Crippen molar-refractivity contribution < 1.29 is 19.4 Å². The first kappa shape index (κ1) is 18.0. The zero-order valence-electron chi connectivity index (χ0n) is 10.7. The number of carbonyl (C=O) groups is 1. The number of ether oxygens (including phenoxy) is 2. The minimum absolute atomic E-state index is 0. The summed E-state index contributed by atoms with van der Waals surface area (Å²) in [4.78, 5) is 11.2. The molecule has 0 amide bonds. The number of phenolic OH excluding ortho intramolecular Hbond substituents is 1. The number of esters is 1. The normalized spacial score (nSPS) is 11.4. The van der Waals surface area contributed by atoms with Crippen molar-refractivity contribution in [2.24, 2.45) is 5.73 Å². The van der Waals surface area contributed by atoms with Crippen LogP contribution in [0.2, 0.25) is 0 Å². The lowest BCUT2D eigenvalue weighted by atomic mass is 10.0. The molecule has 0 fully saturated rings. The second kappa shape index (κ2) is 8.24. The molecule has 0 unspecified atom stereocenters. The molecular weight excluding hydrogens is 337 g/mol. The Kier molecular flexibility index (Phi) is 7.82. The summed E-state index contributed by atoms with van der Waals surface area (Å²) >= 11 is 3.22. The molecule has 1 rings (SSSR count). The van der Waals surface area contributed by atoms with E-state index in [4.69, 9.17) is 10.5 Å². The highest BCUT2D eigenvalue weighted by Crippen LogP contribution is 2.37. The number of hydrogen-bond acceptors (Lipinski definition) is 5. The molecule has 3 N–H and O–H groups in total. The van der Waals surface area contributed by atoms with Crippen LogP contribution in [0.5, 0.6) is 11.5 Å². The van der Waals surface area contributed by atoms with Crippen LogP contribution in [-0.4, -0.2) is 24.8 Å². The van der Waals surface area contributed by atoms with Crippen molar-refractivity contribution in [1.29, 1.82) is 0 Å². The number of methoxy groups -OCH3 is 1. The Bertz CT molecular complexity index is 442. The van der Waals surface area contributed by atoms with Crippen LogP contribution < -0.4 is 10.5 Å². The zero-order valence-corrected chi connectivity index (χ0v) is 13.1. The maximum absolute atomic E-state index is 11.2. The Labute approximate surface area is 126 Å². The predicted octanol–water partition coefficient (Wildman–Crippen LogP) is 2.54. The maximum Gasteiger partial charge on any atom is 0.307 e. The molecule has 108 valence electrons. The molecule has 0 saturated heterocycles. The Balaban J connectivity index is 0.00000324. The van der Waals surface area contributed by atoms with Gasteiger partial charge in [-0.05, 0) is 40.5 Å². The lowest BCUT2D eigenvalue weighted by Gasteiger charge is -2.14. The Morgan fingerprint density at radius 3 is 2.68 bits per heavy atom. The van der Waals surface area contributed by atoms with Gasteiger partial charge < -0.3 is 20.3 Å². The molecule has 0 radical (unpaired) electrons. The molecule has 0 saturated carbocycles. The Hall–Kier alpha value is -0.980. The Morgan fingerprint density at radius 1 is 1.53 bits per heavy atom. The van der Waals surface area contributed by atoms with Crippen molar-refractivity contribution in [3.63, 3.8) is 0 Å². The van der Waals surface area contributed by atoms with Gasteiger partial charge in [-0.1, -0.05) is 0 Å². The zero-order chi connectivity index (χ0) is 13.7. The van der Waals surface area contributed by atoms with Gasteiger partial charge in [0.05, 0.1) is 24.6 Å². The van der Waals surface area contributed by atoms with Gasteiger partial charge in [-0.3, -0.25) is 4.79 Å². The number of aromatic hydroxyl groups is 1. The molecule has 0 aliphatic carbocycles. The van der Waals surface area contributed by atoms with E-state index in [9.17, 15) is 9.90 Å². The average molecular weight is 355 g/mol. The summed E-state index contributed by atoms with van der Waals surface area (Å²) in [5.74, 6) is -0.0299. The van der Waals surface area contributed by atoms with Gasteiger partial charge in [0, 0.05) is 6.04 Å². The molecule has 0 aromatic heterocycles. The number of benzene rings is 1. The summed E-state index contributed by atoms with van der Waals surface area (Å²) < 4.78 is 10.3. The van der Waals surface area contributed by atoms with Crippen LogP contribution in [0.3, 0.4) is 0 Å². The SMILES string of the molecule is CCOc1cc([C@@H](N)CC(=O)OC)cc(Br)c1O.Cl. The standard InChI is InChI=1S/C12H16BrNO4.ClH/c1-3-18-10-5-7(4-8(13)12(10)16)9(14)6-11(15)17-2;/h4-5,9,16H,3,6,14H2,1-2H3;1H/t9-;/m0./s1. The number of nitrogens with two attached hydrogens (primary N) is 1. The molecule has 1 aromatic carbocycles. The van der Waals surface area contributed by atoms with E-state index in [2.05, 4.69) is 20.7 Å². The van der Waals surface area contributed by atoms with Crippen molar-refractivity contribution >= 4 is 34.3 Å². The van der Waals surface area contributed by atoms with Crippen LogP contribution in [0.1, 0.15) is 24.9 Å². The van der Waals surface area contributed by atoms with Gasteiger partial charge in [0.2, 0.25) is 0 Å². The summed E-state index contributed by atoms with van der Waals surface area (Å²) in [7, 11) is 1.31. The van der Waals surface area contributed by atoms with Gasteiger partial charge in [-0.2, -0.15) is 0 Å². The molecule has 7 heteroatoms. The minimum atomic E-state index is -0.506. The van der Waals surface area contributed by atoms with Gasteiger partial charge >= 0.3 is 5.97 Å². The summed E-state index contributed by atoms with van der Waals surface area (Å²) in [5.41, 5.74) is 6.59. The van der Waals surface area contributed by atoms with E-state index in [1.54, 1.807) is 12.1 Å². The third kappa shape index (κ3) is 4.89. The Morgan fingerprint density at radius 2 is 2.16 bits per heavy atom. The third-order valence-electron chi connectivity index (χ3n) is 2.39. The van der Waals surface area contributed by atoms with E-state index in [0.29, 0.717) is 22.4 Å². The lowest BCUT2D eigenvalue weighted by Crippen LogP contribution is -2.16. The lowest BCUT2D eigenvalue weighted by molar-refractivity contribution is -0.141. The minimum Gasteiger partial charge on any atom is -0.503 e. The molecule has 1 atom stereocenters. The van der Waals surface area contributed by atoms with Crippen molar-refractivity contribution in [2.75, 3.05) is 13.7 Å². The first-order valence-electron chi connectivity index (χ1n) is 5.47. The first-order chi connectivity index (χ1) is 8.49. The molecule has 0 spiro atoms. The van der Waals surface area contributed by atoms with Gasteiger partial charge in [0.1, 0.15) is 0 Å². The highest BCUT2D eigenvalue weighted by atomic mass is 79.9. The van der Waals surface area contributed by atoms with E-state index in [1.807, 2.05) is 6.92 Å². The van der Waals surface area contributed by atoms with Crippen LogP contribution in [0.15, 0.2) is 16.6 Å². The van der Waals surface area contributed by atoms with Crippen molar-refractivity contribution in [2.45, 2.75) is 19.4 Å². The molecule has 0 bridgehead atoms. The van der Waals surface area contributed by atoms with E-state index in [0.717, 1.165) is 0 Å². The van der Waals surface area contributed by atoms with Crippen LogP contribution in [0, 0.1) is 0 Å². The van der Waals surface area contributed by atoms with Gasteiger partial charge in [0.15, 0.2) is 11.5 Å². The quantitative estimate of drug-likeness (QED) is 0.794. The van der Waals surface area contributed by atoms with Crippen molar-refractivity contribution in [3.8, 4) is 11.5 Å². The average Bonchev–Trinajstić information content (AvgIpc) is 2.34. The molecule has 0 aliphatic heterocycles. The third-order valence-corrected chi connectivity index (χ3v) is 3.00. The maximum atomic E-state index is 11.2. The number of halogens is 2. The largest absolute Gasteiger partial charge is 0.503 e. The second-order valence-electron chi connectivity index (χ2n) is 3.67. The number of hydrogen-bond donors (Lipinski definition) is 2. The molecular formula is C12H17BrClNO4. The number of rotatable bonds is 5. The fraction of sp³-hybridized carbons (Fsp3) is 0.417. The van der Waals surface area contributed by atoms with Crippen LogP contribution >= 0.6 is 28.3 Å². The van der Waals surface area contributed by atoms with Gasteiger partial charge in [-0.15, -0.1) is 12.4 Å². The van der Waals surface area contributed by atoms with Gasteiger partial charge in [-0.25, -0.2) is 0 Å². The van der Waals surface area contributed by atoms with E-state index < -0.39 is 6.04 Å². The van der Waals surface area contributed by atoms with E-state index in [-0.39, 0.29) is 30.5 Å². The predicted molar refractivity (Wildman–Crippen MR) is 77.8 cm³/mol.